The monoisotopic (exact) mass is 747 g/mol. The molecule has 0 saturated carbocycles. The Kier molecular flexibility index (Phi) is 11.3. The number of benzene rings is 3. The first-order valence-electron chi connectivity index (χ1n) is 12.3. The highest BCUT2D eigenvalue weighted by atomic mass is 19.2. The second kappa shape index (κ2) is 14.5. The minimum atomic E-state index is -3.34. The van der Waals surface area contributed by atoms with E-state index in [1.165, 1.54) is 0 Å². The summed E-state index contributed by atoms with van der Waals surface area (Å²) in [6.07, 6.45) is -6.19. The number of nitrogens with zero attached hydrogens (tertiary/aromatic N) is 1. The maximum Gasteiger partial charge on any atom is 0.312 e. The molecule has 0 atom stereocenters. The van der Waals surface area contributed by atoms with Gasteiger partial charge in [-0.05, 0) is 0 Å². The molecule has 9 nitrogen and oxygen atoms in total. The largest absolute Gasteiger partial charge is 0.420 e. The molecule has 270 valence electrons. The molecule has 0 amide bonds. The van der Waals surface area contributed by atoms with Crippen molar-refractivity contribution in [3.05, 3.63) is 97.4 Å². The summed E-state index contributed by atoms with van der Waals surface area (Å²) in [5.74, 6) is -56.0. The van der Waals surface area contributed by atoms with Crippen molar-refractivity contribution in [2.24, 2.45) is 5.41 Å². The lowest BCUT2D eigenvalue weighted by molar-refractivity contribution is -0.497. The van der Waals surface area contributed by atoms with Crippen LogP contribution in [0.5, 0.6) is 17.2 Å². The van der Waals surface area contributed by atoms with Crippen LogP contribution in [0.4, 0.5) is 65.9 Å². The Morgan fingerprint density at radius 1 is 0.420 bits per heavy atom. The molecule has 0 aromatic heterocycles. The van der Waals surface area contributed by atoms with Crippen molar-refractivity contribution in [2.45, 2.75) is 19.3 Å². The number of carbonyl (C=O) groups is 3. The van der Waals surface area contributed by atoms with Crippen molar-refractivity contribution in [3.63, 3.8) is 0 Å². The third kappa shape index (κ3) is 7.51. The number of halogens is 15. The third-order valence-corrected chi connectivity index (χ3v) is 6.18. The molecule has 0 aliphatic carbocycles. The summed E-state index contributed by atoms with van der Waals surface area (Å²) in [5, 5.41) is 11.5. The molecule has 0 fully saturated rings. The van der Waals surface area contributed by atoms with Gasteiger partial charge >= 0.3 is 17.9 Å². The first-order chi connectivity index (χ1) is 23.0. The van der Waals surface area contributed by atoms with Gasteiger partial charge in [0.05, 0.1) is 24.7 Å². The molecule has 3 aromatic carbocycles. The second-order valence-electron chi connectivity index (χ2n) is 9.64. The van der Waals surface area contributed by atoms with Crippen molar-refractivity contribution >= 4 is 17.9 Å². The number of hydrogen-bond donors (Lipinski definition) is 0. The summed E-state index contributed by atoms with van der Waals surface area (Å²) in [6.45, 7) is -2.06. The van der Waals surface area contributed by atoms with Gasteiger partial charge in [0.25, 0.3) is 0 Å². The molecule has 24 heteroatoms. The van der Waals surface area contributed by atoms with Crippen LogP contribution in [0.25, 0.3) is 0 Å². The van der Waals surface area contributed by atoms with E-state index < -0.39 is 159 Å². The minimum Gasteiger partial charge on any atom is -0.420 e. The fraction of sp³-hybridized carbons (Fsp3) is 0.192. The van der Waals surface area contributed by atoms with Gasteiger partial charge in [0.15, 0.2) is 0 Å². The van der Waals surface area contributed by atoms with Crippen LogP contribution in [0, 0.1) is 103 Å². The van der Waals surface area contributed by atoms with Gasteiger partial charge < -0.3 is 14.2 Å². The van der Waals surface area contributed by atoms with Crippen LogP contribution in [0.2, 0.25) is 0 Å². The number of rotatable bonds is 11. The van der Waals surface area contributed by atoms with Crippen LogP contribution in [0.3, 0.4) is 0 Å². The summed E-state index contributed by atoms with van der Waals surface area (Å²) in [6, 6.07) is 0. The van der Waals surface area contributed by atoms with Crippen LogP contribution < -0.4 is 14.2 Å². The van der Waals surface area contributed by atoms with E-state index in [4.69, 9.17) is 0 Å². The highest BCUT2D eigenvalue weighted by Crippen LogP contribution is 2.38. The first-order valence-corrected chi connectivity index (χ1v) is 12.3. The molecule has 0 bridgehead atoms. The van der Waals surface area contributed by atoms with E-state index in [0.29, 0.717) is 0 Å². The summed E-state index contributed by atoms with van der Waals surface area (Å²) >= 11 is 0. The molecule has 0 aliphatic heterocycles. The van der Waals surface area contributed by atoms with Gasteiger partial charge in [-0.2, -0.15) is 26.3 Å². The average molecular weight is 747 g/mol. The lowest BCUT2D eigenvalue weighted by Gasteiger charge is -2.27. The fourth-order valence-electron chi connectivity index (χ4n) is 4.02. The van der Waals surface area contributed by atoms with E-state index in [1.807, 2.05) is 0 Å². The number of hydrogen-bond acceptors (Lipinski definition) is 8. The predicted molar refractivity (Wildman–Crippen MR) is 124 cm³/mol. The van der Waals surface area contributed by atoms with Gasteiger partial charge in [-0.25, -0.2) is 39.5 Å². The summed E-state index contributed by atoms with van der Waals surface area (Å²) in [7, 11) is 0. The molecular formula is C26H8F15NO8. The molecule has 0 aliphatic rings. The summed E-state index contributed by atoms with van der Waals surface area (Å²) < 4.78 is 218. The number of nitro groups is 1. The molecule has 50 heavy (non-hydrogen) atoms. The standard InChI is InChI=1S/C26H8F15NO8/c27-8-11(30)17(36)23(18(37)12(8)31)48-5(43)1-26(4-42(46)47,2-6(44)49-24-19(38)13(32)9(28)14(33)20(24)39)3-7(45)50-25-21(40)15(34)10(29)16(35)22(25)41/h1-4H2. The molecule has 0 heterocycles. The Balaban J connectivity index is 2.11. The topological polar surface area (TPSA) is 122 Å². The molecule has 3 rings (SSSR count). The van der Waals surface area contributed by atoms with Gasteiger partial charge in [-0.15, -0.1) is 0 Å². The van der Waals surface area contributed by atoms with Crippen molar-refractivity contribution in [3.8, 4) is 17.2 Å². The van der Waals surface area contributed by atoms with Crippen LogP contribution in [-0.4, -0.2) is 29.4 Å². The molecule has 0 N–H and O–H groups in total. The van der Waals surface area contributed by atoms with Gasteiger partial charge in [-0.1, -0.05) is 0 Å². The molecule has 3 aromatic rings. The Morgan fingerprint density at radius 2 is 0.600 bits per heavy atom. The van der Waals surface area contributed by atoms with Crippen molar-refractivity contribution in [1.29, 1.82) is 0 Å². The van der Waals surface area contributed by atoms with E-state index in [9.17, 15) is 90.4 Å². The van der Waals surface area contributed by atoms with Crippen LogP contribution >= 0.6 is 0 Å². The van der Waals surface area contributed by atoms with E-state index in [2.05, 4.69) is 14.2 Å². The van der Waals surface area contributed by atoms with Crippen molar-refractivity contribution in [1.82, 2.24) is 0 Å². The minimum absolute atomic E-state index is 1.57. The second-order valence-corrected chi connectivity index (χ2v) is 9.64. The van der Waals surface area contributed by atoms with Gasteiger partial charge in [0, 0.05) is 4.92 Å². The Hall–Kier alpha value is -5.58. The first kappa shape index (κ1) is 38.9. The van der Waals surface area contributed by atoms with E-state index in [1.54, 1.807) is 0 Å². The molecular weight excluding hydrogens is 739 g/mol. The Labute approximate surface area is 263 Å². The SMILES string of the molecule is O=C(CC(CC(=O)Oc1c(F)c(F)c(F)c(F)c1F)(CC(=O)Oc1c(F)c(F)c(F)c(F)c1F)C[N+](=O)[O-])Oc1c(F)c(F)c(F)c(F)c1F. The summed E-state index contributed by atoms with van der Waals surface area (Å²) in [4.78, 5) is 47.8. The average Bonchev–Trinajstić information content (AvgIpc) is 3.04. The lowest BCUT2D eigenvalue weighted by Crippen LogP contribution is -2.40. The number of ether oxygens (including phenoxy) is 3. The van der Waals surface area contributed by atoms with Gasteiger partial charge in [0.1, 0.15) is 0 Å². The van der Waals surface area contributed by atoms with Crippen molar-refractivity contribution < 1.29 is 99.4 Å². The maximum absolute atomic E-state index is 14.1. The zero-order valence-electron chi connectivity index (χ0n) is 23.2. The zero-order valence-corrected chi connectivity index (χ0v) is 23.2. The summed E-state index contributed by atoms with van der Waals surface area (Å²) in [5.41, 5.74) is -3.34. The molecule has 0 unspecified atom stereocenters. The van der Waals surface area contributed by atoms with Gasteiger partial charge in [0.2, 0.25) is 111 Å². The fourth-order valence-corrected chi connectivity index (χ4v) is 4.02. The third-order valence-electron chi connectivity index (χ3n) is 6.18. The maximum atomic E-state index is 14.1. The molecule has 0 saturated heterocycles. The normalized spacial score (nSPS) is 11.4. The lowest BCUT2D eigenvalue weighted by atomic mass is 9.78. The van der Waals surface area contributed by atoms with E-state index in [0.717, 1.165) is 0 Å². The predicted octanol–water partition coefficient (Wildman–Crippen LogP) is 6.32. The van der Waals surface area contributed by atoms with Gasteiger partial charge in [-0.3, -0.25) is 24.5 Å². The highest BCUT2D eigenvalue weighted by Gasteiger charge is 2.46. The van der Waals surface area contributed by atoms with Crippen molar-refractivity contribution in [2.75, 3.05) is 6.54 Å². The highest BCUT2D eigenvalue weighted by molar-refractivity contribution is 5.80. The van der Waals surface area contributed by atoms with E-state index in [-0.39, 0.29) is 0 Å². The number of esters is 3. The number of carbonyl (C=O) groups excluding carboxylic acids is 3. The quantitative estimate of drug-likeness (QED) is 0.0425. The van der Waals surface area contributed by atoms with E-state index >= 15 is 0 Å². The molecule has 0 radical (unpaired) electrons. The zero-order chi connectivity index (χ0) is 38.2. The Bertz CT molecular complexity index is 1660. The van der Waals surface area contributed by atoms with Crippen LogP contribution in [0.1, 0.15) is 19.3 Å². The van der Waals surface area contributed by atoms with Crippen LogP contribution in [0.15, 0.2) is 0 Å². The van der Waals surface area contributed by atoms with Crippen LogP contribution in [-0.2, 0) is 14.4 Å². The smallest absolute Gasteiger partial charge is 0.312 e. The molecule has 0 spiro atoms. The Morgan fingerprint density at radius 3 is 0.780 bits per heavy atom.